The fourth-order valence-electron chi connectivity index (χ4n) is 6.76. The number of aromatic nitrogens is 2. The highest BCUT2D eigenvalue weighted by Gasteiger charge is 2.30. The Morgan fingerprint density at radius 3 is 2.14 bits per heavy atom. The lowest BCUT2D eigenvalue weighted by atomic mass is 9.94. The minimum absolute atomic E-state index is 0.942. The molecule has 0 amide bonds. The van der Waals surface area contributed by atoms with Crippen LogP contribution in [0.15, 0.2) is 97.1 Å². The van der Waals surface area contributed by atoms with Crippen LogP contribution in [-0.2, 0) is 12.8 Å². The van der Waals surface area contributed by atoms with Crippen molar-refractivity contribution in [2.45, 2.75) is 12.8 Å². The fraction of sp³-hybridized carbons (Fsp3) is 0.0606. The molecule has 0 aliphatic heterocycles. The lowest BCUT2D eigenvalue weighted by Gasteiger charge is -2.10. The van der Waals surface area contributed by atoms with E-state index in [2.05, 4.69) is 101 Å². The second-order valence-corrected chi connectivity index (χ2v) is 9.94. The summed E-state index contributed by atoms with van der Waals surface area (Å²) < 4.78 is 2.37. The van der Waals surface area contributed by atoms with Crippen LogP contribution < -0.4 is 0 Å². The highest BCUT2D eigenvalue weighted by molar-refractivity contribution is 6.14. The van der Waals surface area contributed by atoms with Gasteiger partial charge in [-0.2, -0.15) is 0 Å². The van der Waals surface area contributed by atoms with E-state index in [1.54, 1.807) is 0 Å². The molecule has 2 aromatic heterocycles. The maximum absolute atomic E-state index is 5.35. The summed E-state index contributed by atoms with van der Waals surface area (Å²) in [5, 5.41) is 3.75. The van der Waals surface area contributed by atoms with Crippen molar-refractivity contribution in [1.29, 1.82) is 0 Å². The zero-order chi connectivity index (χ0) is 22.7. The zero-order valence-electron chi connectivity index (χ0n) is 19.0. The molecule has 162 valence electrons. The molecule has 0 bridgehead atoms. The summed E-state index contributed by atoms with van der Waals surface area (Å²) in [6.07, 6.45) is 1.97. The number of rotatable bonds is 0. The normalized spacial score (nSPS) is 13.5. The van der Waals surface area contributed by atoms with Gasteiger partial charge in [0.05, 0.1) is 16.6 Å². The van der Waals surface area contributed by atoms with Gasteiger partial charge < -0.3 is 0 Å². The van der Waals surface area contributed by atoms with E-state index in [0.29, 0.717) is 0 Å². The van der Waals surface area contributed by atoms with Gasteiger partial charge in [-0.3, -0.25) is 4.40 Å². The van der Waals surface area contributed by atoms with Crippen LogP contribution in [0.5, 0.6) is 0 Å². The number of hydrogen-bond donors (Lipinski definition) is 0. The van der Waals surface area contributed by atoms with E-state index in [4.69, 9.17) is 4.98 Å². The SMILES string of the molecule is c1ccc2c(c1)Cc1ccc3c(c1-2)-c1ccc2c(nc4c5ccccc5c5ccccc5n24)c1C3. The van der Waals surface area contributed by atoms with Crippen molar-refractivity contribution in [2.24, 2.45) is 0 Å². The molecule has 2 heterocycles. The van der Waals surface area contributed by atoms with Gasteiger partial charge in [0.15, 0.2) is 0 Å². The predicted octanol–water partition coefficient (Wildman–Crippen LogP) is 7.94. The monoisotopic (exact) mass is 444 g/mol. The van der Waals surface area contributed by atoms with Crippen molar-refractivity contribution in [2.75, 3.05) is 0 Å². The number of pyridine rings is 1. The van der Waals surface area contributed by atoms with Crippen LogP contribution in [0.2, 0.25) is 0 Å². The number of imidazole rings is 1. The van der Waals surface area contributed by atoms with Crippen molar-refractivity contribution in [3.63, 3.8) is 0 Å². The van der Waals surface area contributed by atoms with Crippen molar-refractivity contribution in [3.05, 3.63) is 119 Å². The number of para-hydroxylation sites is 1. The lowest BCUT2D eigenvalue weighted by molar-refractivity contribution is 1.24. The Labute approximate surface area is 202 Å². The molecule has 2 aliphatic carbocycles. The molecule has 0 N–H and O–H groups in total. The number of hydrogen-bond acceptors (Lipinski definition) is 1. The largest absolute Gasteiger partial charge is 0.292 e. The van der Waals surface area contributed by atoms with Gasteiger partial charge in [0.25, 0.3) is 0 Å². The number of benzene rings is 5. The number of nitrogens with zero attached hydrogens (tertiary/aromatic N) is 2. The molecule has 0 unspecified atom stereocenters. The predicted molar refractivity (Wildman–Crippen MR) is 144 cm³/mol. The first kappa shape index (κ1) is 18.0. The second-order valence-electron chi connectivity index (χ2n) is 9.94. The third kappa shape index (κ3) is 2.14. The van der Waals surface area contributed by atoms with E-state index in [-0.39, 0.29) is 0 Å². The Hall–Kier alpha value is -4.43. The average Bonchev–Trinajstić information content (AvgIpc) is 3.59. The van der Waals surface area contributed by atoms with Gasteiger partial charge in [-0.15, -0.1) is 0 Å². The molecule has 7 aromatic rings. The Morgan fingerprint density at radius 1 is 0.514 bits per heavy atom. The lowest BCUT2D eigenvalue weighted by Crippen LogP contribution is -1.91. The van der Waals surface area contributed by atoms with E-state index in [1.807, 2.05) is 0 Å². The molecule has 0 spiro atoms. The summed E-state index contributed by atoms with van der Waals surface area (Å²) in [5.74, 6) is 0. The molecule has 2 nitrogen and oxygen atoms in total. The minimum Gasteiger partial charge on any atom is -0.292 e. The van der Waals surface area contributed by atoms with Crippen molar-refractivity contribution in [3.8, 4) is 22.3 Å². The van der Waals surface area contributed by atoms with E-state index in [1.165, 1.54) is 71.7 Å². The minimum atomic E-state index is 0.942. The molecule has 0 saturated heterocycles. The van der Waals surface area contributed by atoms with Crippen LogP contribution >= 0.6 is 0 Å². The molecule has 0 atom stereocenters. The van der Waals surface area contributed by atoms with Crippen LogP contribution in [-0.4, -0.2) is 9.38 Å². The summed E-state index contributed by atoms with van der Waals surface area (Å²) in [4.78, 5) is 5.35. The van der Waals surface area contributed by atoms with Gasteiger partial charge in [0.2, 0.25) is 0 Å². The summed E-state index contributed by atoms with van der Waals surface area (Å²) in [6.45, 7) is 0. The Balaban J connectivity index is 1.42. The average molecular weight is 445 g/mol. The van der Waals surface area contributed by atoms with Crippen LogP contribution in [0.3, 0.4) is 0 Å². The molecule has 2 aliphatic rings. The molecule has 0 radical (unpaired) electrons. The Kier molecular flexibility index (Phi) is 3.16. The van der Waals surface area contributed by atoms with Crippen molar-refractivity contribution < 1.29 is 0 Å². The van der Waals surface area contributed by atoms with Crippen molar-refractivity contribution >= 4 is 38.4 Å². The van der Waals surface area contributed by atoms with Gasteiger partial charge in [-0.1, -0.05) is 84.9 Å². The molecule has 5 aromatic carbocycles. The van der Waals surface area contributed by atoms with Gasteiger partial charge >= 0.3 is 0 Å². The van der Waals surface area contributed by atoms with Gasteiger partial charge in [0, 0.05) is 17.2 Å². The number of fused-ring (bicyclic) bond motifs is 16. The van der Waals surface area contributed by atoms with E-state index < -0.39 is 0 Å². The molecule has 0 saturated carbocycles. The smallest absolute Gasteiger partial charge is 0.146 e. The van der Waals surface area contributed by atoms with Gasteiger partial charge in [-0.25, -0.2) is 4.98 Å². The Morgan fingerprint density at radius 2 is 1.23 bits per heavy atom. The molecule has 0 fully saturated rings. The molecule has 2 heteroatoms. The zero-order valence-corrected chi connectivity index (χ0v) is 19.0. The topological polar surface area (TPSA) is 17.3 Å². The highest BCUT2D eigenvalue weighted by Crippen LogP contribution is 2.50. The van der Waals surface area contributed by atoms with E-state index in [9.17, 15) is 0 Å². The van der Waals surface area contributed by atoms with Crippen LogP contribution in [0, 0.1) is 0 Å². The third-order valence-electron chi connectivity index (χ3n) is 8.22. The van der Waals surface area contributed by atoms with Crippen LogP contribution in [0.25, 0.3) is 60.6 Å². The molecule has 35 heavy (non-hydrogen) atoms. The Bertz CT molecular complexity index is 2060. The fourth-order valence-corrected chi connectivity index (χ4v) is 6.76. The second kappa shape index (κ2) is 6.17. The molecular formula is C33H20N2. The standard InChI is InChI=1S/C33H20N2/c1-2-8-22-19(7-1)17-20-13-14-21-18-27-25(31(21)30(20)22)15-16-29-32(27)34-33-26-11-4-3-9-23(26)24-10-5-6-12-28(24)35(29)33/h1-16H,17-18H2. The maximum Gasteiger partial charge on any atom is 0.146 e. The molecule has 9 rings (SSSR count). The molecular weight excluding hydrogens is 424 g/mol. The van der Waals surface area contributed by atoms with Crippen molar-refractivity contribution in [1.82, 2.24) is 9.38 Å². The van der Waals surface area contributed by atoms with Gasteiger partial charge in [0.1, 0.15) is 5.65 Å². The van der Waals surface area contributed by atoms with E-state index >= 15 is 0 Å². The summed E-state index contributed by atoms with van der Waals surface area (Å²) in [5.41, 5.74) is 15.9. The quantitative estimate of drug-likeness (QED) is 0.217. The summed E-state index contributed by atoms with van der Waals surface area (Å²) in [7, 11) is 0. The van der Waals surface area contributed by atoms with Crippen LogP contribution in [0.1, 0.15) is 22.3 Å². The summed E-state index contributed by atoms with van der Waals surface area (Å²) >= 11 is 0. The first-order chi connectivity index (χ1) is 17.4. The first-order valence-corrected chi connectivity index (χ1v) is 12.3. The maximum atomic E-state index is 5.35. The van der Waals surface area contributed by atoms with Gasteiger partial charge in [-0.05, 0) is 68.4 Å². The van der Waals surface area contributed by atoms with Crippen LogP contribution in [0.4, 0.5) is 0 Å². The highest BCUT2D eigenvalue weighted by atomic mass is 15.0. The van der Waals surface area contributed by atoms with E-state index in [0.717, 1.165) is 24.0 Å². The first-order valence-electron chi connectivity index (χ1n) is 12.3. The third-order valence-corrected chi connectivity index (χ3v) is 8.22. The summed E-state index contributed by atoms with van der Waals surface area (Å²) in [6, 6.07) is 35.6.